The fourth-order valence-corrected chi connectivity index (χ4v) is 2.74. The number of hydrogen-bond donors (Lipinski definition) is 0. The number of thiophene rings is 1. The maximum atomic E-state index is 5.24. The van der Waals surface area contributed by atoms with Crippen LogP contribution in [-0.4, -0.2) is 7.11 Å². The molecule has 0 amide bonds. The lowest BCUT2D eigenvalue weighted by molar-refractivity contribution is 0.414. The van der Waals surface area contributed by atoms with E-state index < -0.39 is 0 Å². The largest absolute Gasteiger partial charge is 0.497 e. The first-order valence-corrected chi connectivity index (χ1v) is 6.21. The van der Waals surface area contributed by atoms with E-state index in [0.29, 0.717) is 0 Å². The van der Waals surface area contributed by atoms with Crippen LogP contribution in [0.4, 0.5) is 0 Å². The Labute approximate surface area is 102 Å². The van der Waals surface area contributed by atoms with Crippen molar-refractivity contribution in [3.05, 3.63) is 39.7 Å². The molecule has 0 saturated heterocycles. The van der Waals surface area contributed by atoms with Gasteiger partial charge in [-0.1, -0.05) is 15.9 Å². The topological polar surface area (TPSA) is 9.23 Å². The minimum atomic E-state index is 0.880. The molecule has 1 aromatic heterocycles. The highest BCUT2D eigenvalue weighted by atomic mass is 79.9. The molecule has 0 radical (unpaired) electrons. The van der Waals surface area contributed by atoms with Gasteiger partial charge in [-0.3, -0.25) is 0 Å². The summed E-state index contributed by atoms with van der Waals surface area (Å²) in [7, 11) is 1.69. The molecule has 0 spiro atoms. The average molecular weight is 283 g/mol. The molecular formula is C12H11BrOS. The molecule has 0 aliphatic heterocycles. The molecule has 15 heavy (non-hydrogen) atoms. The maximum absolute atomic E-state index is 5.24. The van der Waals surface area contributed by atoms with Crippen molar-refractivity contribution in [2.75, 3.05) is 7.11 Å². The Morgan fingerprint density at radius 2 is 2.00 bits per heavy atom. The van der Waals surface area contributed by atoms with Crippen LogP contribution >= 0.6 is 27.3 Å². The van der Waals surface area contributed by atoms with Crippen LogP contribution in [0.5, 0.6) is 5.75 Å². The second-order valence-electron chi connectivity index (χ2n) is 3.29. The molecular weight excluding hydrogens is 272 g/mol. The first-order chi connectivity index (χ1) is 7.19. The zero-order chi connectivity index (χ0) is 10.8. The van der Waals surface area contributed by atoms with Gasteiger partial charge in [0.25, 0.3) is 0 Å². The van der Waals surface area contributed by atoms with Crippen molar-refractivity contribution in [1.29, 1.82) is 0 Å². The van der Waals surface area contributed by atoms with E-state index in [4.69, 9.17) is 4.74 Å². The molecule has 0 fully saturated rings. The first-order valence-electron chi connectivity index (χ1n) is 4.60. The summed E-state index contributed by atoms with van der Waals surface area (Å²) in [6.07, 6.45) is 0. The summed E-state index contributed by atoms with van der Waals surface area (Å²) >= 11 is 5.27. The van der Waals surface area contributed by atoms with Gasteiger partial charge >= 0.3 is 0 Å². The van der Waals surface area contributed by atoms with Crippen molar-refractivity contribution in [1.82, 2.24) is 0 Å². The van der Waals surface area contributed by atoms with E-state index in [2.05, 4.69) is 47.1 Å². The second kappa shape index (κ2) is 4.37. The summed E-state index contributed by atoms with van der Waals surface area (Å²) in [5.74, 6) is 0.880. The highest BCUT2D eigenvalue weighted by Gasteiger charge is 2.04. The van der Waals surface area contributed by atoms with Crippen LogP contribution in [0.15, 0.2) is 34.8 Å². The average Bonchev–Trinajstić information content (AvgIpc) is 2.64. The summed E-state index contributed by atoms with van der Waals surface area (Å²) in [5.41, 5.74) is 1.19. The number of ether oxygens (including phenoxy) is 1. The van der Waals surface area contributed by atoms with Crippen LogP contribution in [0.3, 0.4) is 0 Å². The van der Waals surface area contributed by atoms with Gasteiger partial charge in [-0.25, -0.2) is 0 Å². The minimum absolute atomic E-state index is 0.880. The zero-order valence-corrected chi connectivity index (χ0v) is 11.0. The van der Waals surface area contributed by atoms with Crippen LogP contribution < -0.4 is 4.74 Å². The van der Waals surface area contributed by atoms with Crippen LogP contribution in [0.1, 0.15) is 4.88 Å². The third kappa shape index (κ3) is 2.41. The van der Waals surface area contributed by atoms with Gasteiger partial charge in [-0.2, -0.15) is 0 Å². The van der Waals surface area contributed by atoms with E-state index in [9.17, 15) is 0 Å². The normalized spacial score (nSPS) is 10.3. The molecule has 0 N–H and O–H groups in total. The fraction of sp³-hybridized carbons (Fsp3) is 0.167. The molecule has 2 rings (SSSR count). The quantitative estimate of drug-likeness (QED) is 0.788. The predicted octanol–water partition coefficient (Wildman–Crippen LogP) is 4.49. The Hall–Kier alpha value is -0.800. The maximum Gasteiger partial charge on any atom is 0.120 e. The Kier molecular flexibility index (Phi) is 3.12. The molecule has 1 heterocycles. The molecule has 0 atom stereocenters. The molecule has 1 aromatic carbocycles. The van der Waals surface area contributed by atoms with Gasteiger partial charge in [0.1, 0.15) is 5.75 Å². The highest BCUT2D eigenvalue weighted by Crippen LogP contribution is 2.32. The Morgan fingerprint density at radius 3 is 2.60 bits per heavy atom. The van der Waals surface area contributed by atoms with Crippen LogP contribution in [0.2, 0.25) is 0 Å². The lowest BCUT2D eigenvalue weighted by Crippen LogP contribution is -1.83. The van der Waals surface area contributed by atoms with E-state index in [1.807, 2.05) is 6.07 Å². The molecule has 1 nitrogen and oxygen atoms in total. The standard InChI is InChI=1S/C12H11BrOS/c1-8-3-4-12(15-8)9-5-10(13)7-11(6-9)14-2/h3-7H,1-2H3. The smallest absolute Gasteiger partial charge is 0.120 e. The number of hydrogen-bond acceptors (Lipinski definition) is 2. The molecule has 78 valence electrons. The predicted molar refractivity (Wildman–Crippen MR) is 68.7 cm³/mol. The van der Waals surface area contributed by atoms with Crippen molar-refractivity contribution in [2.24, 2.45) is 0 Å². The molecule has 2 aromatic rings. The molecule has 0 unspecified atom stereocenters. The lowest BCUT2D eigenvalue weighted by Gasteiger charge is -2.04. The third-order valence-corrected chi connectivity index (χ3v) is 3.64. The number of methoxy groups -OCH3 is 1. The molecule has 0 bridgehead atoms. The van der Waals surface area contributed by atoms with E-state index in [1.165, 1.54) is 15.3 Å². The van der Waals surface area contributed by atoms with Gasteiger partial charge in [-0.05, 0) is 42.8 Å². The molecule has 0 saturated carbocycles. The Bertz CT molecular complexity index is 476. The van der Waals surface area contributed by atoms with E-state index >= 15 is 0 Å². The summed E-state index contributed by atoms with van der Waals surface area (Å²) < 4.78 is 6.28. The van der Waals surface area contributed by atoms with Crippen LogP contribution in [0, 0.1) is 6.92 Å². The lowest BCUT2D eigenvalue weighted by atomic mass is 10.2. The SMILES string of the molecule is COc1cc(Br)cc(-c2ccc(C)s2)c1. The summed E-state index contributed by atoms with van der Waals surface area (Å²) in [6, 6.07) is 10.4. The monoisotopic (exact) mass is 282 g/mol. The summed E-state index contributed by atoms with van der Waals surface area (Å²) in [5, 5.41) is 0. The van der Waals surface area contributed by atoms with Crippen molar-refractivity contribution >= 4 is 27.3 Å². The molecule has 3 heteroatoms. The van der Waals surface area contributed by atoms with Crippen LogP contribution in [-0.2, 0) is 0 Å². The Balaban J connectivity index is 2.48. The van der Waals surface area contributed by atoms with Crippen molar-refractivity contribution in [3.63, 3.8) is 0 Å². The van der Waals surface area contributed by atoms with Gasteiger partial charge in [0.15, 0.2) is 0 Å². The van der Waals surface area contributed by atoms with E-state index in [1.54, 1.807) is 18.4 Å². The molecule has 0 aliphatic rings. The van der Waals surface area contributed by atoms with Crippen molar-refractivity contribution in [3.8, 4) is 16.2 Å². The Morgan fingerprint density at radius 1 is 1.20 bits per heavy atom. The third-order valence-electron chi connectivity index (χ3n) is 2.13. The van der Waals surface area contributed by atoms with Crippen LogP contribution in [0.25, 0.3) is 10.4 Å². The minimum Gasteiger partial charge on any atom is -0.497 e. The first kappa shape index (κ1) is 10.7. The number of halogens is 1. The second-order valence-corrected chi connectivity index (χ2v) is 5.49. The van der Waals surface area contributed by atoms with Gasteiger partial charge in [-0.15, -0.1) is 11.3 Å². The van der Waals surface area contributed by atoms with E-state index in [-0.39, 0.29) is 0 Å². The van der Waals surface area contributed by atoms with Gasteiger partial charge in [0.2, 0.25) is 0 Å². The fourth-order valence-electron chi connectivity index (χ4n) is 1.41. The van der Waals surface area contributed by atoms with Crippen molar-refractivity contribution in [2.45, 2.75) is 6.92 Å². The number of aryl methyl sites for hydroxylation is 1. The highest BCUT2D eigenvalue weighted by molar-refractivity contribution is 9.10. The van der Waals surface area contributed by atoms with E-state index in [0.717, 1.165) is 10.2 Å². The zero-order valence-electron chi connectivity index (χ0n) is 8.58. The van der Waals surface area contributed by atoms with Gasteiger partial charge in [0, 0.05) is 14.2 Å². The van der Waals surface area contributed by atoms with Gasteiger partial charge in [0.05, 0.1) is 7.11 Å². The number of benzene rings is 1. The molecule has 0 aliphatic carbocycles. The van der Waals surface area contributed by atoms with Crippen molar-refractivity contribution < 1.29 is 4.74 Å². The number of rotatable bonds is 2. The van der Waals surface area contributed by atoms with Gasteiger partial charge < -0.3 is 4.74 Å². The summed E-state index contributed by atoms with van der Waals surface area (Å²) in [6.45, 7) is 2.11. The summed E-state index contributed by atoms with van der Waals surface area (Å²) in [4.78, 5) is 2.59.